The monoisotopic (exact) mass is 358 g/mol. The van der Waals surface area contributed by atoms with Gasteiger partial charge in [-0.05, 0) is 37.7 Å². The van der Waals surface area contributed by atoms with Crippen LogP contribution in [-0.2, 0) is 0 Å². The predicted molar refractivity (Wildman–Crippen MR) is 90.8 cm³/mol. The second-order valence-electron chi connectivity index (χ2n) is 6.46. The summed E-state index contributed by atoms with van der Waals surface area (Å²) in [6.45, 7) is 7.11. The summed E-state index contributed by atoms with van der Waals surface area (Å²) in [5.74, 6) is 0.761. The van der Waals surface area contributed by atoms with Gasteiger partial charge in [0.2, 0.25) is 0 Å². The number of halogens is 1. The van der Waals surface area contributed by atoms with E-state index in [2.05, 4.69) is 54.1 Å². The van der Waals surface area contributed by atoms with Crippen LogP contribution >= 0.6 is 15.9 Å². The van der Waals surface area contributed by atoms with Gasteiger partial charge >= 0.3 is 0 Å². The van der Waals surface area contributed by atoms with Crippen LogP contribution in [0.3, 0.4) is 0 Å². The fraction of sp³-hybridized carbons (Fsp3) is 0.625. The molecule has 1 rings (SSSR count). The van der Waals surface area contributed by atoms with E-state index in [9.17, 15) is 5.11 Å². The van der Waals surface area contributed by atoms with Gasteiger partial charge in [-0.1, -0.05) is 35.8 Å². The van der Waals surface area contributed by atoms with Crippen molar-refractivity contribution < 1.29 is 9.84 Å². The smallest absolute Gasteiger partial charge is 0.120 e. The minimum atomic E-state index is -0.515. The number of hydrogen-bond donors (Lipinski definition) is 2. The molecule has 0 spiro atoms. The molecule has 0 amide bonds. The molecular formula is C16H27BrN2O2. The zero-order valence-electron chi connectivity index (χ0n) is 13.4. The number of hydrogen-bond acceptors (Lipinski definition) is 4. The van der Waals surface area contributed by atoms with E-state index in [0.29, 0.717) is 6.54 Å². The Kier molecular flexibility index (Phi) is 7.66. The van der Waals surface area contributed by atoms with Crippen molar-refractivity contribution in [1.82, 2.24) is 10.2 Å². The summed E-state index contributed by atoms with van der Waals surface area (Å²) < 4.78 is 6.54. The Hall–Kier alpha value is -0.620. The minimum Gasteiger partial charge on any atom is -0.491 e. The highest BCUT2D eigenvalue weighted by Gasteiger charge is 2.18. The molecule has 0 fully saturated rings. The van der Waals surface area contributed by atoms with Crippen molar-refractivity contribution in [3.63, 3.8) is 0 Å². The maximum absolute atomic E-state index is 9.95. The molecule has 1 atom stereocenters. The lowest BCUT2D eigenvalue weighted by atomic mass is 9.93. The average Bonchev–Trinajstić information content (AvgIpc) is 2.34. The first kappa shape index (κ1) is 18.4. The summed E-state index contributed by atoms with van der Waals surface area (Å²) >= 11 is 3.39. The van der Waals surface area contributed by atoms with Gasteiger partial charge in [0, 0.05) is 24.1 Å². The van der Waals surface area contributed by atoms with Crippen LogP contribution in [0.1, 0.15) is 13.8 Å². The Morgan fingerprint density at radius 1 is 1.38 bits per heavy atom. The zero-order valence-corrected chi connectivity index (χ0v) is 15.0. The average molecular weight is 359 g/mol. The molecule has 1 unspecified atom stereocenters. The lowest BCUT2D eigenvalue weighted by Crippen LogP contribution is -2.41. The first-order valence-electron chi connectivity index (χ1n) is 7.20. The maximum atomic E-state index is 9.95. The SMILES string of the molecule is CN(C)CC(C)(C)CNCC(O)COc1cccc(Br)c1. The van der Waals surface area contributed by atoms with Gasteiger partial charge in [0.25, 0.3) is 0 Å². The Balaban J connectivity index is 2.24. The molecule has 0 radical (unpaired) electrons. The molecule has 21 heavy (non-hydrogen) atoms. The molecule has 1 aromatic carbocycles. The molecule has 4 nitrogen and oxygen atoms in total. The van der Waals surface area contributed by atoms with Gasteiger partial charge in [0.15, 0.2) is 0 Å². The van der Waals surface area contributed by atoms with Crippen LogP contribution in [0.4, 0.5) is 0 Å². The Bertz CT molecular complexity index is 424. The fourth-order valence-electron chi connectivity index (χ4n) is 2.30. The van der Waals surface area contributed by atoms with Crippen LogP contribution < -0.4 is 10.1 Å². The first-order valence-corrected chi connectivity index (χ1v) is 8.00. The van der Waals surface area contributed by atoms with Gasteiger partial charge in [-0.25, -0.2) is 0 Å². The minimum absolute atomic E-state index is 0.175. The molecule has 5 heteroatoms. The first-order chi connectivity index (χ1) is 9.78. The van der Waals surface area contributed by atoms with Crippen LogP contribution in [0.25, 0.3) is 0 Å². The van der Waals surface area contributed by atoms with E-state index in [1.54, 1.807) is 0 Å². The molecule has 0 aliphatic carbocycles. The van der Waals surface area contributed by atoms with E-state index in [0.717, 1.165) is 23.3 Å². The lowest BCUT2D eigenvalue weighted by Gasteiger charge is -2.29. The van der Waals surface area contributed by atoms with Crippen LogP contribution in [0, 0.1) is 5.41 Å². The highest BCUT2D eigenvalue weighted by atomic mass is 79.9. The van der Waals surface area contributed by atoms with Crippen molar-refractivity contribution in [2.24, 2.45) is 5.41 Å². The largest absolute Gasteiger partial charge is 0.491 e. The topological polar surface area (TPSA) is 44.7 Å². The predicted octanol–water partition coefficient (Wildman–Crippen LogP) is 2.37. The van der Waals surface area contributed by atoms with Crippen molar-refractivity contribution >= 4 is 15.9 Å². The summed E-state index contributed by atoms with van der Waals surface area (Å²) in [4.78, 5) is 2.18. The normalized spacial score (nSPS) is 13.5. The van der Waals surface area contributed by atoms with E-state index in [4.69, 9.17) is 4.74 Å². The molecule has 0 aliphatic heterocycles. The number of benzene rings is 1. The molecule has 0 bridgehead atoms. The number of ether oxygens (including phenoxy) is 1. The summed E-state index contributed by atoms with van der Waals surface area (Å²) in [6.07, 6.45) is -0.515. The molecule has 0 aromatic heterocycles. The third kappa shape index (κ3) is 8.41. The number of nitrogens with one attached hydrogen (secondary N) is 1. The third-order valence-corrected chi connectivity index (χ3v) is 3.46. The van der Waals surface area contributed by atoms with Gasteiger partial charge in [-0.2, -0.15) is 0 Å². The highest BCUT2D eigenvalue weighted by molar-refractivity contribution is 9.10. The van der Waals surface area contributed by atoms with Gasteiger partial charge in [0.05, 0.1) is 0 Å². The zero-order chi connectivity index (χ0) is 15.9. The number of nitrogens with zero attached hydrogens (tertiary/aromatic N) is 1. The molecule has 0 aliphatic rings. The van der Waals surface area contributed by atoms with Crippen molar-refractivity contribution in [2.75, 3.05) is 40.3 Å². The van der Waals surface area contributed by atoms with E-state index < -0.39 is 6.10 Å². The molecular weight excluding hydrogens is 332 g/mol. The second kappa shape index (κ2) is 8.73. The van der Waals surface area contributed by atoms with Crippen molar-refractivity contribution in [3.05, 3.63) is 28.7 Å². The maximum Gasteiger partial charge on any atom is 0.120 e. The Morgan fingerprint density at radius 2 is 2.10 bits per heavy atom. The molecule has 0 saturated carbocycles. The lowest BCUT2D eigenvalue weighted by molar-refractivity contribution is 0.102. The molecule has 2 N–H and O–H groups in total. The van der Waals surface area contributed by atoms with Crippen LogP contribution in [-0.4, -0.2) is 56.4 Å². The summed E-state index contributed by atoms with van der Waals surface area (Å²) in [5.41, 5.74) is 0.175. The van der Waals surface area contributed by atoms with Gasteiger partial charge < -0.3 is 20.1 Å². The fourth-order valence-corrected chi connectivity index (χ4v) is 2.68. The van der Waals surface area contributed by atoms with E-state index >= 15 is 0 Å². The second-order valence-corrected chi connectivity index (χ2v) is 7.37. The molecule has 120 valence electrons. The van der Waals surface area contributed by atoms with E-state index in [-0.39, 0.29) is 12.0 Å². The van der Waals surface area contributed by atoms with Crippen LogP contribution in [0.15, 0.2) is 28.7 Å². The van der Waals surface area contributed by atoms with Crippen molar-refractivity contribution in [1.29, 1.82) is 0 Å². The van der Waals surface area contributed by atoms with Crippen LogP contribution in [0.5, 0.6) is 5.75 Å². The summed E-state index contributed by atoms with van der Waals surface area (Å²) in [7, 11) is 4.14. The molecule has 1 aromatic rings. The molecule has 0 saturated heterocycles. The van der Waals surface area contributed by atoms with Gasteiger partial charge in [-0.3, -0.25) is 0 Å². The van der Waals surface area contributed by atoms with Crippen LogP contribution in [0.2, 0.25) is 0 Å². The molecule has 0 heterocycles. The van der Waals surface area contributed by atoms with E-state index in [1.165, 1.54) is 0 Å². The quantitative estimate of drug-likeness (QED) is 0.711. The summed E-state index contributed by atoms with van der Waals surface area (Å²) in [6, 6.07) is 7.62. The number of aliphatic hydroxyl groups excluding tert-OH is 1. The van der Waals surface area contributed by atoms with Crippen molar-refractivity contribution in [2.45, 2.75) is 20.0 Å². The highest BCUT2D eigenvalue weighted by Crippen LogP contribution is 2.18. The standard InChI is InChI=1S/C16H27BrN2O2/c1-16(2,12-19(3)4)11-18-9-14(20)10-21-15-7-5-6-13(17)8-15/h5-8,14,18,20H,9-12H2,1-4H3. The van der Waals surface area contributed by atoms with Gasteiger partial charge in [-0.15, -0.1) is 0 Å². The van der Waals surface area contributed by atoms with E-state index in [1.807, 2.05) is 24.3 Å². The number of aliphatic hydroxyl groups is 1. The van der Waals surface area contributed by atoms with Gasteiger partial charge in [0.1, 0.15) is 18.5 Å². The summed E-state index contributed by atoms with van der Waals surface area (Å²) in [5, 5.41) is 13.3. The van der Waals surface area contributed by atoms with Crippen molar-refractivity contribution in [3.8, 4) is 5.75 Å². The Morgan fingerprint density at radius 3 is 2.71 bits per heavy atom. The number of rotatable bonds is 9. The Labute approximate surface area is 136 Å². The third-order valence-electron chi connectivity index (χ3n) is 2.97.